The van der Waals surface area contributed by atoms with Gasteiger partial charge in [0.1, 0.15) is 11.2 Å². The van der Waals surface area contributed by atoms with Crippen molar-refractivity contribution in [1.82, 2.24) is 10.3 Å². The number of methoxy groups -OCH3 is 1. The average molecular weight is 271 g/mol. The number of ether oxygens (including phenoxy) is 1. The van der Waals surface area contributed by atoms with Crippen LogP contribution in [-0.2, 0) is 9.53 Å². The highest BCUT2D eigenvalue weighted by Gasteiger charge is 2.20. The van der Waals surface area contributed by atoms with Gasteiger partial charge in [-0.15, -0.1) is 0 Å². The SMILES string of the molecule is CCC(NC(=O)c1cc(C)nc(Cl)c1)C(=O)OC. The maximum Gasteiger partial charge on any atom is 0.328 e. The first kappa shape index (κ1) is 14.4. The second kappa shape index (κ2) is 6.35. The summed E-state index contributed by atoms with van der Waals surface area (Å²) in [6.45, 7) is 3.52. The summed E-state index contributed by atoms with van der Waals surface area (Å²) in [5.74, 6) is -0.845. The number of amides is 1. The van der Waals surface area contributed by atoms with Gasteiger partial charge in [-0.05, 0) is 25.5 Å². The number of pyridine rings is 1. The smallest absolute Gasteiger partial charge is 0.328 e. The first-order chi connectivity index (χ1) is 8.47. The summed E-state index contributed by atoms with van der Waals surface area (Å²) in [4.78, 5) is 27.3. The van der Waals surface area contributed by atoms with Gasteiger partial charge < -0.3 is 10.1 Å². The van der Waals surface area contributed by atoms with Crippen molar-refractivity contribution in [3.05, 3.63) is 28.5 Å². The van der Waals surface area contributed by atoms with Crippen molar-refractivity contribution in [2.75, 3.05) is 7.11 Å². The molecule has 1 amide bonds. The van der Waals surface area contributed by atoms with E-state index in [1.807, 2.05) is 0 Å². The molecular weight excluding hydrogens is 256 g/mol. The molecule has 1 atom stereocenters. The van der Waals surface area contributed by atoms with E-state index in [1.165, 1.54) is 13.2 Å². The summed E-state index contributed by atoms with van der Waals surface area (Å²) in [5.41, 5.74) is 1.01. The average Bonchev–Trinajstić information content (AvgIpc) is 2.33. The molecule has 0 saturated carbocycles. The topological polar surface area (TPSA) is 68.3 Å². The lowest BCUT2D eigenvalue weighted by molar-refractivity contribution is -0.142. The molecule has 1 N–H and O–H groups in total. The molecule has 0 spiro atoms. The van der Waals surface area contributed by atoms with Crippen LogP contribution in [0.15, 0.2) is 12.1 Å². The Morgan fingerprint density at radius 3 is 2.67 bits per heavy atom. The Labute approximate surface area is 110 Å². The number of hydrogen-bond acceptors (Lipinski definition) is 4. The Hall–Kier alpha value is -1.62. The van der Waals surface area contributed by atoms with Crippen LogP contribution in [0.4, 0.5) is 0 Å². The van der Waals surface area contributed by atoms with Crippen LogP contribution < -0.4 is 5.32 Å². The van der Waals surface area contributed by atoms with Crippen LogP contribution in [-0.4, -0.2) is 30.0 Å². The van der Waals surface area contributed by atoms with Crippen molar-refractivity contribution in [1.29, 1.82) is 0 Å². The molecule has 0 radical (unpaired) electrons. The lowest BCUT2D eigenvalue weighted by Crippen LogP contribution is -2.41. The third-order valence-electron chi connectivity index (χ3n) is 2.38. The van der Waals surface area contributed by atoms with Gasteiger partial charge in [-0.2, -0.15) is 0 Å². The van der Waals surface area contributed by atoms with Crippen molar-refractivity contribution in [2.24, 2.45) is 0 Å². The van der Waals surface area contributed by atoms with Crippen LogP contribution in [0.2, 0.25) is 5.15 Å². The maximum absolute atomic E-state index is 11.9. The minimum Gasteiger partial charge on any atom is -0.467 e. The molecule has 1 aromatic heterocycles. The summed E-state index contributed by atoms with van der Waals surface area (Å²) in [6.07, 6.45) is 0.455. The van der Waals surface area contributed by atoms with Gasteiger partial charge in [-0.1, -0.05) is 18.5 Å². The largest absolute Gasteiger partial charge is 0.467 e. The van der Waals surface area contributed by atoms with E-state index in [1.54, 1.807) is 19.9 Å². The number of carbonyl (C=O) groups excluding carboxylic acids is 2. The molecule has 98 valence electrons. The molecule has 0 aliphatic rings. The molecule has 0 fully saturated rings. The minimum atomic E-state index is -0.658. The zero-order chi connectivity index (χ0) is 13.7. The number of esters is 1. The van der Waals surface area contributed by atoms with E-state index in [0.29, 0.717) is 17.7 Å². The highest BCUT2D eigenvalue weighted by Crippen LogP contribution is 2.10. The zero-order valence-electron chi connectivity index (χ0n) is 10.5. The quantitative estimate of drug-likeness (QED) is 0.668. The molecule has 18 heavy (non-hydrogen) atoms. The van der Waals surface area contributed by atoms with E-state index >= 15 is 0 Å². The van der Waals surface area contributed by atoms with Crippen LogP contribution >= 0.6 is 11.6 Å². The highest BCUT2D eigenvalue weighted by molar-refractivity contribution is 6.29. The van der Waals surface area contributed by atoms with Crippen molar-refractivity contribution in [2.45, 2.75) is 26.3 Å². The number of nitrogens with one attached hydrogen (secondary N) is 1. The van der Waals surface area contributed by atoms with E-state index in [-0.39, 0.29) is 11.1 Å². The molecule has 1 aromatic rings. The van der Waals surface area contributed by atoms with Crippen LogP contribution in [0.25, 0.3) is 0 Å². The zero-order valence-corrected chi connectivity index (χ0v) is 11.2. The normalized spacial score (nSPS) is 11.8. The standard InChI is InChI=1S/C12H15ClN2O3/c1-4-9(12(17)18-3)15-11(16)8-5-7(2)14-10(13)6-8/h5-6,9H,4H2,1-3H3,(H,15,16). The van der Waals surface area contributed by atoms with Gasteiger partial charge in [-0.25, -0.2) is 9.78 Å². The van der Waals surface area contributed by atoms with Gasteiger partial charge in [-0.3, -0.25) is 4.79 Å². The summed E-state index contributed by atoms with van der Waals surface area (Å²) >= 11 is 5.77. The molecule has 0 bridgehead atoms. The molecule has 0 aliphatic carbocycles. The minimum absolute atomic E-state index is 0.242. The highest BCUT2D eigenvalue weighted by atomic mass is 35.5. The third-order valence-corrected chi connectivity index (χ3v) is 2.58. The van der Waals surface area contributed by atoms with Crippen LogP contribution in [0.5, 0.6) is 0 Å². The monoisotopic (exact) mass is 270 g/mol. The molecule has 0 aromatic carbocycles. The molecule has 0 saturated heterocycles. The molecule has 1 unspecified atom stereocenters. The van der Waals surface area contributed by atoms with E-state index in [2.05, 4.69) is 15.0 Å². The van der Waals surface area contributed by atoms with Gasteiger partial charge in [0.05, 0.1) is 7.11 Å². The Morgan fingerprint density at radius 2 is 2.17 bits per heavy atom. The molecule has 1 rings (SSSR count). The van der Waals surface area contributed by atoms with E-state index < -0.39 is 12.0 Å². The van der Waals surface area contributed by atoms with E-state index in [0.717, 1.165) is 0 Å². The Morgan fingerprint density at radius 1 is 1.50 bits per heavy atom. The van der Waals surface area contributed by atoms with Gasteiger partial charge in [0, 0.05) is 11.3 Å². The van der Waals surface area contributed by atoms with Gasteiger partial charge in [0.2, 0.25) is 0 Å². The van der Waals surface area contributed by atoms with Crippen molar-refractivity contribution >= 4 is 23.5 Å². The number of nitrogens with zero attached hydrogens (tertiary/aromatic N) is 1. The number of aromatic nitrogens is 1. The molecule has 6 heteroatoms. The maximum atomic E-state index is 11.9. The fraction of sp³-hybridized carbons (Fsp3) is 0.417. The predicted molar refractivity (Wildman–Crippen MR) is 67.5 cm³/mol. The summed E-state index contributed by atoms with van der Waals surface area (Å²) in [7, 11) is 1.28. The van der Waals surface area contributed by atoms with Crippen molar-refractivity contribution < 1.29 is 14.3 Å². The van der Waals surface area contributed by atoms with Crippen molar-refractivity contribution in [3.8, 4) is 0 Å². The lowest BCUT2D eigenvalue weighted by Gasteiger charge is -2.14. The first-order valence-corrected chi connectivity index (χ1v) is 5.88. The fourth-order valence-corrected chi connectivity index (χ4v) is 1.72. The number of carbonyl (C=O) groups is 2. The van der Waals surface area contributed by atoms with E-state index in [4.69, 9.17) is 11.6 Å². The second-order valence-electron chi connectivity index (χ2n) is 3.78. The van der Waals surface area contributed by atoms with Gasteiger partial charge in [0.15, 0.2) is 0 Å². The van der Waals surface area contributed by atoms with Gasteiger partial charge >= 0.3 is 5.97 Å². The van der Waals surface area contributed by atoms with Crippen LogP contribution in [0.1, 0.15) is 29.4 Å². The first-order valence-electron chi connectivity index (χ1n) is 5.50. The Kier molecular flexibility index (Phi) is 5.09. The Balaban J connectivity index is 2.84. The Bertz CT molecular complexity index is 442. The third kappa shape index (κ3) is 3.70. The molecule has 0 aliphatic heterocycles. The van der Waals surface area contributed by atoms with Crippen LogP contribution in [0.3, 0.4) is 0 Å². The summed E-state index contributed by atoms with van der Waals surface area (Å²) < 4.78 is 4.60. The molecule has 5 nitrogen and oxygen atoms in total. The van der Waals surface area contributed by atoms with E-state index in [9.17, 15) is 9.59 Å². The molecule has 1 heterocycles. The number of hydrogen-bond donors (Lipinski definition) is 1. The molecular formula is C12H15ClN2O3. The van der Waals surface area contributed by atoms with Crippen molar-refractivity contribution in [3.63, 3.8) is 0 Å². The van der Waals surface area contributed by atoms with Crippen LogP contribution in [0, 0.1) is 6.92 Å². The second-order valence-corrected chi connectivity index (χ2v) is 4.16. The predicted octanol–water partition coefficient (Wildman–Crippen LogP) is 1.72. The van der Waals surface area contributed by atoms with Gasteiger partial charge in [0.25, 0.3) is 5.91 Å². The summed E-state index contributed by atoms with van der Waals surface area (Å²) in [5, 5.41) is 2.83. The number of rotatable bonds is 4. The lowest BCUT2D eigenvalue weighted by atomic mass is 10.2. The number of halogens is 1. The number of aryl methyl sites for hydroxylation is 1. The summed E-state index contributed by atoms with van der Waals surface area (Å²) in [6, 6.07) is 2.40. The fourth-order valence-electron chi connectivity index (χ4n) is 1.47.